The summed E-state index contributed by atoms with van der Waals surface area (Å²) in [5.41, 5.74) is 1.20. The third-order valence-corrected chi connectivity index (χ3v) is 7.67. The Kier molecular flexibility index (Phi) is 6.99. The fraction of sp³-hybridized carbons (Fsp3) is 0.448. The monoisotopic (exact) mass is 491 g/mol. The summed E-state index contributed by atoms with van der Waals surface area (Å²) in [6.45, 7) is 3.00. The van der Waals surface area contributed by atoms with E-state index in [0.717, 1.165) is 56.1 Å². The summed E-state index contributed by atoms with van der Waals surface area (Å²) >= 11 is 0. The number of aromatic nitrogens is 1. The highest BCUT2D eigenvalue weighted by atomic mass is 19.1. The van der Waals surface area contributed by atoms with Crippen LogP contribution in [0.5, 0.6) is 5.75 Å². The maximum atomic E-state index is 13.7. The number of halogens is 1. The molecular formula is C29H34FN3O3. The van der Waals surface area contributed by atoms with Gasteiger partial charge in [0.15, 0.2) is 0 Å². The maximum Gasteiger partial charge on any atom is 0.256 e. The Morgan fingerprint density at radius 3 is 2.44 bits per heavy atom. The van der Waals surface area contributed by atoms with Gasteiger partial charge in [0.25, 0.3) is 5.91 Å². The normalized spacial score (nSPS) is 20.5. The van der Waals surface area contributed by atoms with Crippen LogP contribution in [0, 0.1) is 11.2 Å². The van der Waals surface area contributed by atoms with Crippen LogP contribution in [0.15, 0.2) is 54.7 Å². The van der Waals surface area contributed by atoms with Crippen molar-refractivity contribution in [3.05, 3.63) is 66.1 Å². The second-order valence-corrected chi connectivity index (χ2v) is 10.4. The third kappa shape index (κ3) is 5.11. The van der Waals surface area contributed by atoms with Gasteiger partial charge in [0.1, 0.15) is 11.6 Å². The molecule has 1 aromatic heterocycles. The minimum absolute atomic E-state index is 0.0110. The molecular weight excluding hydrogens is 457 g/mol. The van der Waals surface area contributed by atoms with Crippen LogP contribution in [-0.4, -0.2) is 59.0 Å². The van der Waals surface area contributed by atoms with Crippen LogP contribution in [0.1, 0.15) is 48.9 Å². The van der Waals surface area contributed by atoms with Crippen LogP contribution in [0.4, 0.5) is 4.39 Å². The topological polar surface area (TPSA) is 54.8 Å². The summed E-state index contributed by atoms with van der Waals surface area (Å²) < 4.78 is 21.5. The van der Waals surface area contributed by atoms with Crippen LogP contribution in [-0.2, 0) is 11.8 Å². The van der Waals surface area contributed by atoms with Gasteiger partial charge in [-0.05, 0) is 62.4 Å². The van der Waals surface area contributed by atoms with Gasteiger partial charge in [-0.3, -0.25) is 9.59 Å². The summed E-state index contributed by atoms with van der Waals surface area (Å²) in [5, 5.41) is 0.938. The van der Waals surface area contributed by atoms with Gasteiger partial charge < -0.3 is 19.1 Å². The SMILES string of the molecule is Cn1cc(C(=O)N2CCCC(COc3ccc(F)cc3)(CC(=O)N3CCCCC3)C2)c2ccccc21. The number of ether oxygens (including phenoxy) is 1. The second kappa shape index (κ2) is 10.3. The number of hydrogen-bond donors (Lipinski definition) is 0. The van der Waals surface area contributed by atoms with Crippen molar-refractivity contribution in [2.75, 3.05) is 32.8 Å². The molecule has 1 unspecified atom stereocenters. The first-order chi connectivity index (χ1) is 17.4. The molecule has 2 aromatic carbocycles. The predicted octanol–water partition coefficient (Wildman–Crippen LogP) is 5.02. The van der Waals surface area contributed by atoms with Crippen LogP contribution < -0.4 is 4.74 Å². The number of hydrogen-bond acceptors (Lipinski definition) is 3. The molecule has 36 heavy (non-hydrogen) atoms. The lowest BCUT2D eigenvalue weighted by Gasteiger charge is -2.43. The average Bonchev–Trinajstić information content (AvgIpc) is 3.25. The molecule has 190 valence electrons. The number of para-hydroxylation sites is 1. The zero-order valence-corrected chi connectivity index (χ0v) is 20.9. The van der Waals surface area contributed by atoms with Crippen molar-refractivity contribution >= 4 is 22.7 Å². The molecule has 0 saturated carbocycles. The van der Waals surface area contributed by atoms with E-state index in [9.17, 15) is 14.0 Å². The van der Waals surface area contributed by atoms with E-state index in [1.54, 1.807) is 12.1 Å². The highest BCUT2D eigenvalue weighted by molar-refractivity contribution is 6.07. The zero-order chi connectivity index (χ0) is 25.1. The first-order valence-electron chi connectivity index (χ1n) is 12.9. The largest absolute Gasteiger partial charge is 0.493 e. The van der Waals surface area contributed by atoms with E-state index in [1.165, 1.54) is 12.1 Å². The van der Waals surface area contributed by atoms with E-state index in [0.29, 0.717) is 37.4 Å². The molecule has 0 N–H and O–H groups in total. The van der Waals surface area contributed by atoms with Gasteiger partial charge in [-0.2, -0.15) is 0 Å². The van der Waals surface area contributed by atoms with Crippen molar-refractivity contribution in [1.29, 1.82) is 0 Å². The van der Waals surface area contributed by atoms with Crippen molar-refractivity contribution in [2.45, 2.75) is 38.5 Å². The number of carbonyl (C=O) groups is 2. The standard InChI is InChI=1S/C29H34FN3O3/c1-31-19-25(24-8-3-4-9-26(24)31)28(35)33-17-7-14-29(20-33,18-27(34)32-15-5-2-6-16-32)21-36-23-12-10-22(30)11-13-23/h3-4,8-13,19H,2,5-7,14-18,20-21H2,1H3. The summed E-state index contributed by atoms with van der Waals surface area (Å²) in [7, 11) is 1.95. The summed E-state index contributed by atoms with van der Waals surface area (Å²) in [5.74, 6) is 0.375. The number of carbonyl (C=O) groups excluding carboxylic acids is 2. The van der Waals surface area contributed by atoms with E-state index in [4.69, 9.17) is 4.74 Å². The van der Waals surface area contributed by atoms with E-state index in [-0.39, 0.29) is 17.6 Å². The lowest BCUT2D eigenvalue weighted by atomic mass is 9.77. The Morgan fingerprint density at radius 1 is 0.944 bits per heavy atom. The minimum atomic E-state index is -0.499. The molecule has 3 heterocycles. The lowest BCUT2D eigenvalue weighted by Crippen LogP contribution is -2.51. The molecule has 2 fully saturated rings. The number of rotatable bonds is 6. The molecule has 0 aliphatic carbocycles. The lowest BCUT2D eigenvalue weighted by molar-refractivity contribution is -0.136. The molecule has 1 atom stereocenters. The molecule has 2 aliphatic heterocycles. The average molecular weight is 492 g/mol. The Hall–Kier alpha value is -3.35. The van der Waals surface area contributed by atoms with Crippen LogP contribution in [0.25, 0.3) is 10.9 Å². The minimum Gasteiger partial charge on any atom is -0.493 e. The number of piperidine rings is 2. The molecule has 5 rings (SSSR count). The summed E-state index contributed by atoms with van der Waals surface area (Å²) in [6, 6.07) is 13.9. The zero-order valence-electron chi connectivity index (χ0n) is 20.9. The van der Waals surface area contributed by atoms with Gasteiger partial charge in [0.05, 0.1) is 12.2 Å². The number of aryl methyl sites for hydroxylation is 1. The second-order valence-electron chi connectivity index (χ2n) is 10.4. The van der Waals surface area contributed by atoms with Crippen molar-refractivity contribution < 1.29 is 18.7 Å². The molecule has 3 aromatic rings. The highest BCUT2D eigenvalue weighted by Gasteiger charge is 2.41. The van der Waals surface area contributed by atoms with Crippen molar-refractivity contribution in [3.8, 4) is 5.75 Å². The molecule has 0 radical (unpaired) electrons. The van der Waals surface area contributed by atoms with Crippen LogP contribution >= 0.6 is 0 Å². The summed E-state index contributed by atoms with van der Waals surface area (Å²) in [6.07, 6.45) is 7.08. The third-order valence-electron chi connectivity index (χ3n) is 7.67. The Labute approximate surface area is 211 Å². The van der Waals surface area contributed by atoms with Crippen LogP contribution in [0.3, 0.4) is 0 Å². The number of nitrogens with zero attached hydrogens (tertiary/aromatic N) is 3. The van der Waals surface area contributed by atoms with Crippen molar-refractivity contribution in [1.82, 2.24) is 14.4 Å². The van der Waals surface area contributed by atoms with Gasteiger partial charge in [0, 0.05) is 62.2 Å². The Bertz CT molecular complexity index is 1230. The summed E-state index contributed by atoms with van der Waals surface area (Å²) in [4.78, 5) is 31.0. The van der Waals surface area contributed by atoms with Crippen molar-refractivity contribution in [2.24, 2.45) is 12.5 Å². The smallest absolute Gasteiger partial charge is 0.256 e. The molecule has 6 nitrogen and oxygen atoms in total. The number of amides is 2. The highest BCUT2D eigenvalue weighted by Crippen LogP contribution is 2.37. The maximum absolute atomic E-state index is 13.7. The molecule has 0 bridgehead atoms. The molecule has 2 aliphatic rings. The van der Waals surface area contributed by atoms with E-state index in [2.05, 4.69) is 0 Å². The first-order valence-corrected chi connectivity index (χ1v) is 12.9. The van der Waals surface area contributed by atoms with Crippen molar-refractivity contribution in [3.63, 3.8) is 0 Å². The molecule has 7 heteroatoms. The van der Waals surface area contributed by atoms with E-state index < -0.39 is 5.41 Å². The first kappa shape index (κ1) is 24.3. The fourth-order valence-electron chi connectivity index (χ4n) is 5.72. The molecule has 0 spiro atoms. The van der Waals surface area contributed by atoms with Gasteiger partial charge in [-0.1, -0.05) is 18.2 Å². The van der Waals surface area contributed by atoms with Gasteiger partial charge >= 0.3 is 0 Å². The molecule has 2 amide bonds. The van der Waals surface area contributed by atoms with Gasteiger partial charge in [0.2, 0.25) is 5.91 Å². The van der Waals surface area contributed by atoms with Gasteiger partial charge in [-0.25, -0.2) is 4.39 Å². The quantitative estimate of drug-likeness (QED) is 0.487. The number of benzene rings is 2. The predicted molar refractivity (Wildman–Crippen MR) is 137 cm³/mol. The molecule has 2 saturated heterocycles. The number of likely N-dealkylation sites (tertiary alicyclic amines) is 2. The van der Waals surface area contributed by atoms with Gasteiger partial charge in [-0.15, -0.1) is 0 Å². The fourth-order valence-corrected chi connectivity index (χ4v) is 5.72. The number of fused-ring (bicyclic) bond motifs is 1. The van der Waals surface area contributed by atoms with Crippen LogP contribution in [0.2, 0.25) is 0 Å². The van der Waals surface area contributed by atoms with E-state index >= 15 is 0 Å². The van der Waals surface area contributed by atoms with E-state index in [1.807, 2.05) is 51.9 Å². The Morgan fingerprint density at radius 2 is 1.67 bits per heavy atom. The Balaban J connectivity index is 1.39.